The quantitative estimate of drug-likeness (QED) is 0.588. The van der Waals surface area contributed by atoms with E-state index in [4.69, 9.17) is 4.42 Å². The summed E-state index contributed by atoms with van der Waals surface area (Å²) in [7, 11) is 0. The average molecular weight is 431 g/mol. The summed E-state index contributed by atoms with van der Waals surface area (Å²) in [6.07, 6.45) is 5.40. The molecule has 4 heterocycles. The van der Waals surface area contributed by atoms with Gasteiger partial charge in [0.15, 0.2) is 0 Å². The van der Waals surface area contributed by atoms with Crippen molar-refractivity contribution in [3.05, 3.63) is 29.0 Å². The molecule has 0 unspecified atom stereocenters. The van der Waals surface area contributed by atoms with Crippen molar-refractivity contribution in [1.82, 2.24) is 20.2 Å². The number of rotatable bonds is 6. The number of hydrogen-bond acceptors (Lipinski definition) is 9. The summed E-state index contributed by atoms with van der Waals surface area (Å²) in [6.45, 7) is 5.93. The highest BCUT2D eigenvalue weighted by molar-refractivity contribution is 7.99. The number of aromatic nitrogens is 4. The van der Waals surface area contributed by atoms with Crippen molar-refractivity contribution in [3.8, 4) is 10.8 Å². The van der Waals surface area contributed by atoms with E-state index >= 15 is 0 Å². The number of amides is 1. The minimum atomic E-state index is -0.146. The Hall–Kier alpha value is -2.46. The molecule has 4 rings (SSSR count). The van der Waals surface area contributed by atoms with Crippen LogP contribution in [0.5, 0.6) is 0 Å². The molecule has 1 aliphatic heterocycles. The smallest absolute Gasteiger partial charge is 0.277 e. The molecule has 1 N–H and O–H groups in total. The van der Waals surface area contributed by atoms with E-state index in [1.807, 2.05) is 26.0 Å². The topological polar surface area (TPSA) is 97.0 Å². The highest BCUT2D eigenvalue weighted by atomic mass is 32.2. The predicted molar refractivity (Wildman–Crippen MR) is 115 cm³/mol. The molecule has 0 radical (unpaired) electrons. The van der Waals surface area contributed by atoms with Gasteiger partial charge in [0.1, 0.15) is 10.7 Å². The maximum atomic E-state index is 12.2. The first-order chi connectivity index (χ1) is 14.1. The van der Waals surface area contributed by atoms with Crippen LogP contribution in [0.15, 0.2) is 28.0 Å². The number of carbonyl (C=O) groups is 1. The molecule has 0 aliphatic carbocycles. The zero-order valence-electron chi connectivity index (χ0n) is 16.3. The third kappa shape index (κ3) is 4.94. The van der Waals surface area contributed by atoms with Gasteiger partial charge in [0, 0.05) is 13.1 Å². The SMILES string of the molecule is Cc1nc(C)c(-c2nnc(SCC(=O)Nc3ccc(N4CCCCC4)nc3)o2)s1. The van der Waals surface area contributed by atoms with Crippen LogP contribution in [0.25, 0.3) is 10.8 Å². The van der Waals surface area contributed by atoms with E-state index < -0.39 is 0 Å². The van der Waals surface area contributed by atoms with Crippen LogP contribution < -0.4 is 10.2 Å². The van der Waals surface area contributed by atoms with Gasteiger partial charge in [-0.15, -0.1) is 21.5 Å². The number of nitrogens with zero attached hydrogens (tertiary/aromatic N) is 5. The summed E-state index contributed by atoms with van der Waals surface area (Å²) in [6, 6.07) is 3.84. The first kappa shape index (κ1) is 19.8. The first-order valence-corrected chi connectivity index (χ1v) is 11.3. The Morgan fingerprint density at radius 2 is 2.07 bits per heavy atom. The van der Waals surface area contributed by atoms with Crippen molar-refractivity contribution in [3.63, 3.8) is 0 Å². The second kappa shape index (κ2) is 8.91. The highest BCUT2D eigenvalue weighted by Crippen LogP contribution is 2.30. The molecular weight excluding hydrogens is 408 g/mol. The van der Waals surface area contributed by atoms with E-state index in [0.29, 0.717) is 16.8 Å². The van der Waals surface area contributed by atoms with Crippen LogP contribution >= 0.6 is 23.1 Å². The Bertz CT molecular complexity index is 979. The summed E-state index contributed by atoms with van der Waals surface area (Å²) in [5.41, 5.74) is 1.55. The molecule has 0 bridgehead atoms. The van der Waals surface area contributed by atoms with Crippen LogP contribution in [0.1, 0.15) is 30.0 Å². The van der Waals surface area contributed by atoms with Gasteiger partial charge < -0.3 is 14.6 Å². The van der Waals surface area contributed by atoms with Crippen molar-refractivity contribution in [1.29, 1.82) is 0 Å². The van der Waals surface area contributed by atoms with Gasteiger partial charge in [-0.3, -0.25) is 4.79 Å². The number of anilines is 2. The van der Waals surface area contributed by atoms with E-state index in [0.717, 1.165) is 34.5 Å². The van der Waals surface area contributed by atoms with Gasteiger partial charge >= 0.3 is 0 Å². The fourth-order valence-electron chi connectivity index (χ4n) is 3.18. The average Bonchev–Trinajstić information content (AvgIpc) is 3.33. The predicted octanol–water partition coefficient (Wildman–Crippen LogP) is 3.93. The number of thiazole rings is 1. The fourth-order valence-corrected chi connectivity index (χ4v) is 4.59. The Morgan fingerprint density at radius 3 is 2.76 bits per heavy atom. The van der Waals surface area contributed by atoms with Crippen molar-refractivity contribution in [2.24, 2.45) is 0 Å². The van der Waals surface area contributed by atoms with Gasteiger partial charge in [-0.2, -0.15) is 0 Å². The van der Waals surface area contributed by atoms with Crippen molar-refractivity contribution in [2.75, 3.05) is 29.1 Å². The van der Waals surface area contributed by atoms with Gasteiger partial charge in [0.05, 0.1) is 28.3 Å². The van der Waals surface area contributed by atoms with E-state index in [2.05, 4.69) is 30.4 Å². The molecule has 1 saturated heterocycles. The van der Waals surface area contributed by atoms with Gasteiger partial charge in [-0.25, -0.2) is 9.97 Å². The molecule has 3 aromatic heterocycles. The first-order valence-electron chi connectivity index (χ1n) is 9.50. The number of nitrogens with one attached hydrogen (secondary N) is 1. The number of carbonyl (C=O) groups excluding carboxylic acids is 1. The van der Waals surface area contributed by atoms with Crippen LogP contribution in [0.2, 0.25) is 0 Å². The number of pyridine rings is 1. The zero-order valence-corrected chi connectivity index (χ0v) is 18.0. The standard InChI is InChI=1S/C19H22N6O2S2/c1-12-17(29-13(2)21-12)18-23-24-19(27-18)28-11-16(26)22-14-6-7-15(20-10-14)25-8-4-3-5-9-25/h6-7,10H,3-5,8-9,11H2,1-2H3,(H,22,26). The fraction of sp³-hybridized carbons (Fsp3) is 0.421. The maximum Gasteiger partial charge on any atom is 0.277 e. The maximum absolute atomic E-state index is 12.2. The summed E-state index contributed by atoms with van der Waals surface area (Å²) in [4.78, 5) is 24.2. The lowest BCUT2D eigenvalue weighted by atomic mass is 10.1. The summed E-state index contributed by atoms with van der Waals surface area (Å²) >= 11 is 2.72. The minimum absolute atomic E-state index is 0.146. The van der Waals surface area contributed by atoms with Gasteiger partial charge in [-0.1, -0.05) is 11.8 Å². The lowest BCUT2D eigenvalue weighted by Crippen LogP contribution is -2.30. The van der Waals surface area contributed by atoms with Crippen LogP contribution in [-0.4, -0.2) is 44.9 Å². The molecule has 152 valence electrons. The van der Waals surface area contributed by atoms with E-state index in [9.17, 15) is 4.79 Å². The molecule has 3 aromatic rings. The lowest BCUT2D eigenvalue weighted by molar-refractivity contribution is -0.113. The normalized spacial score (nSPS) is 14.2. The summed E-state index contributed by atoms with van der Waals surface area (Å²) in [5, 5.41) is 12.2. The van der Waals surface area contributed by atoms with E-state index in [1.54, 1.807) is 6.20 Å². The molecule has 29 heavy (non-hydrogen) atoms. The third-order valence-electron chi connectivity index (χ3n) is 4.54. The lowest BCUT2D eigenvalue weighted by Gasteiger charge is -2.27. The molecule has 1 amide bonds. The second-order valence-corrected chi connectivity index (χ2v) is 8.94. The Labute approximate surface area is 177 Å². The molecule has 0 saturated carbocycles. The van der Waals surface area contributed by atoms with E-state index in [-0.39, 0.29) is 11.7 Å². The molecule has 8 nitrogen and oxygen atoms in total. The largest absolute Gasteiger partial charge is 0.410 e. The van der Waals surface area contributed by atoms with Crippen molar-refractivity contribution in [2.45, 2.75) is 38.3 Å². The Kier molecular flexibility index (Phi) is 6.10. The summed E-state index contributed by atoms with van der Waals surface area (Å²) < 4.78 is 5.66. The highest BCUT2D eigenvalue weighted by Gasteiger charge is 2.16. The molecule has 0 aromatic carbocycles. The van der Waals surface area contributed by atoms with Crippen molar-refractivity contribution >= 4 is 40.5 Å². The number of aryl methyl sites for hydroxylation is 2. The molecule has 10 heteroatoms. The van der Waals surface area contributed by atoms with Gasteiger partial charge in [0.25, 0.3) is 11.1 Å². The minimum Gasteiger partial charge on any atom is -0.410 e. The number of hydrogen-bond donors (Lipinski definition) is 1. The molecule has 1 fully saturated rings. The van der Waals surface area contributed by atoms with Crippen LogP contribution in [0.4, 0.5) is 11.5 Å². The second-order valence-electron chi connectivity index (χ2n) is 6.81. The number of piperidine rings is 1. The molecular formula is C19H22N6O2S2. The molecule has 0 atom stereocenters. The van der Waals surface area contributed by atoms with Crippen molar-refractivity contribution < 1.29 is 9.21 Å². The van der Waals surface area contributed by atoms with Gasteiger partial charge in [-0.05, 0) is 45.2 Å². The molecule has 1 aliphatic rings. The Morgan fingerprint density at radius 1 is 1.24 bits per heavy atom. The van der Waals surface area contributed by atoms with E-state index in [1.165, 1.54) is 42.4 Å². The zero-order chi connectivity index (χ0) is 20.2. The van der Waals surface area contributed by atoms with Crippen LogP contribution in [-0.2, 0) is 4.79 Å². The number of thioether (sulfide) groups is 1. The van der Waals surface area contributed by atoms with Gasteiger partial charge in [0.2, 0.25) is 5.91 Å². The third-order valence-corrected chi connectivity index (χ3v) is 6.42. The van der Waals surface area contributed by atoms with Crippen LogP contribution in [0.3, 0.4) is 0 Å². The summed E-state index contributed by atoms with van der Waals surface area (Å²) in [5.74, 6) is 1.43. The van der Waals surface area contributed by atoms with Crippen LogP contribution in [0, 0.1) is 13.8 Å². The monoisotopic (exact) mass is 430 g/mol. The Balaban J connectivity index is 1.29. The molecule has 0 spiro atoms.